The summed E-state index contributed by atoms with van der Waals surface area (Å²) >= 11 is 11.7. The fourth-order valence-corrected chi connectivity index (χ4v) is 2.14. The molecule has 1 amide bonds. The Morgan fingerprint density at radius 2 is 1.84 bits per heavy atom. The van der Waals surface area contributed by atoms with Crippen molar-refractivity contribution in [1.29, 1.82) is 0 Å². The molecule has 1 N–H and O–H groups in total. The van der Waals surface area contributed by atoms with Crippen LogP contribution in [0.1, 0.15) is 6.92 Å². The van der Waals surface area contributed by atoms with Crippen molar-refractivity contribution < 1.29 is 23.5 Å². The van der Waals surface area contributed by atoms with E-state index < -0.39 is 30.4 Å². The molecule has 0 saturated carbocycles. The van der Waals surface area contributed by atoms with Crippen molar-refractivity contribution in [2.45, 2.75) is 13.0 Å². The number of carbonyl (C=O) groups excluding carboxylic acids is 2. The van der Waals surface area contributed by atoms with Crippen molar-refractivity contribution in [3.05, 3.63) is 58.3 Å². The first kappa shape index (κ1) is 19.0. The lowest BCUT2D eigenvalue weighted by Crippen LogP contribution is -2.29. The molecule has 8 heteroatoms. The van der Waals surface area contributed by atoms with Gasteiger partial charge in [0.25, 0.3) is 5.91 Å². The summed E-state index contributed by atoms with van der Waals surface area (Å²) in [5, 5.41) is 3.19. The first-order valence-electron chi connectivity index (χ1n) is 7.19. The second-order valence-electron chi connectivity index (χ2n) is 4.99. The Bertz CT molecular complexity index is 768. The molecule has 0 fully saturated rings. The van der Waals surface area contributed by atoms with Gasteiger partial charge in [-0.25, -0.2) is 9.18 Å². The van der Waals surface area contributed by atoms with Crippen LogP contribution in [0.3, 0.4) is 0 Å². The van der Waals surface area contributed by atoms with Crippen LogP contribution in [-0.4, -0.2) is 24.6 Å². The fraction of sp³-hybridized carbons (Fsp3) is 0.176. The highest BCUT2D eigenvalue weighted by molar-refractivity contribution is 6.35. The fourth-order valence-electron chi connectivity index (χ4n) is 1.80. The monoisotopic (exact) mass is 385 g/mol. The van der Waals surface area contributed by atoms with Gasteiger partial charge in [0.15, 0.2) is 12.7 Å². The Morgan fingerprint density at radius 1 is 1.16 bits per heavy atom. The molecule has 0 aromatic heterocycles. The third kappa shape index (κ3) is 5.92. The van der Waals surface area contributed by atoms with E-state index in [0.29, 0.717) is 21.5 Å². The number of anilines is 1. The first-order chi connectivity index (χ1) is 11.8. The molecule has 0 unspecified atom stereocenters. The van der Waals surface area contributed by atoms with Gasteiger partial charge in [0.2, 0.25) is 0 Å². The van der Waals surface area contributed by atoms with E-state index in [4.69, 9.17) is 32.7 Å². The van der Waals surface area contributed by atoms with E-state index in [1.807, 2.05) is 0 Å². The van der Waals surface area contributed by atoms with Gasteiger partial charge in [-0.05, 0) is 49.4 Å². The lowest BCUT2D eigenvalue weighted by Gasteiger charge is -2.14. The molecule has 0 bridgehead atoms. The highest BCUT2D eigenvalue weighted by Gasteiger charge is 2.18. The van der Waals surface area contributed by atoms with Gasteiger partial charge in [-0.1, -0.05) is 23.2 Å². The molecule has 132 valence electrons. The molecule has 25 heavy (non-hydrogen) atoms. The second-order valence-corrected chi connectivity index (χ2v) is 5.84. The van der Waals surface area contributed by atoms with Crippen molar-refractivity contribution in [3.63, 3.8) is 0 Å². The van der Waals surface area contributed by atoms with Crippen molar-refractivity contribution in [2.75, 3.05) is 11.9 Å². The minimum atomic E-state index is -0.965. The van der Waals surface area contributed by atoms with Gasteiger partial charge in [-0.2, -0.15) is 0 Å². The third-order valence-electron chi connectivity index (χ3n) is 3.01. The molecule has 2 aromatic rings. The maximum absolute atomic E-state index is 12.8. The zero-order chi connectivity index (χ0) is 18.4. The Kier molecular flexibility index (Phi) is 6.61. The molecule has 0 radical (unpaired) electrons. The normalized spacial score (nSPS) is 11.5. The zero-order valence-electron chi connectivity index (χ0n) is 13.1. The van der Waals surface area contributed by atoms with E-state index in [0.717, 1.165) is 0 Å². The number of amides is 1. The molecule has 5 nitrogen and oxygen atoms in total. The summed E-state index contributed by atoms with van der Waals surface area (Å²) in [6.45, 7) is 0.941. The topological polar surface area (TPSA) is 64.6 Å². The third-order valence-corrected chi connectivity index (χ3v) is 3.57. The van der Waals surface area contributed by atoms with E-state index in [1.165, 1.54) is 43.3 Å². The number of hydrogen-bond acceptors (Lipinski definition) is 4. The number of ether oxygens (including phenoxy) is 2. The highest BCUT2D eigenvalue weighted by Crippen LogP contribution is 2.25. The van der Waals surface area contributed by atoms with E-state index in [1.54, 1.807) is 6.07 Å². The molecule has 0 spiro atoms. The molecule has 0 aliphatic heterocycles. The van der Waals surface area contributed by atoms with Crippen molar-refractivity contribution in [1.82, 2.24) is 0 Å². The SMILES string of the molecule is C[C@@H](Oc1ccc(F)cc1)C(=O)OCC(=O)Nc1cc(Cl)ccc1Cl. The molecular formula is C17H14Cl2FNO4. The molecule has 0 aliphatic carbocycles. The van der Waals surface area contributed by atoms with Crippen LogP contribution in [0.2, 0.25) is 10.0 Å². The second kappa shape index (κ2) is 8.69. The molecular weight excluding hydrogens is 372 g/mol. The van der Waals surface area contributed by atoms with Gasteiger partial charge in [-0.15, -0.1) is 0 Å². The van der Waals surface area contributed by atoms with Crippen LogP contribution >= 0.6 is 23.2 Å². The number of nitrogens with one attached hydrogen (secondary N) is 1. The van der Waals surface area contributed by atoms with Crippen LogP contribution in [0.15, 0.2) is 42.5 Å². The number of rotatable bonds is 6. The van der Waals surface area contributed by atoms with Gasteiger partial charge in [0.1, 0.15) is 11.6 Å². The van der Waals surface area contributed by atoms with Crippen molar-refractivity contribution in [2.24, 2.45) is 0 Å². The maximum Gasteiger partial charge on any atom is 0.347 e. The molecule has 0 aliphatic rings. The predicted octanol–water partition coefficient (Wildman–Crippen LogP) is 4.08. The summed E-state index contributed by atoms with van der Waals surface area (Å²) in [5.41, 5.74) is 0.311. The molecule has 2 rings (SSSR count). The Balaban J connectivity index is 1.83. The zero-order valence-corrected chi connectivity index (χ0v) is 14.6. The van der Waals surface area contributed by atoms with Crippen LogP contribution in [0.25, 0.3) is 0 Å². The molecule has 0 saturated heterocycles. The standard InChI is InChI=1S/C17H14Cl2FNO4/c1-10(25-13-5-3-12(20)4-6-13)17(23)24-9-16(22)21-15-8-11(18)2-7-14(15)19/h2-8,10H,9H2,1H3,(H,21,22)/t10-/m1/s1. The number of hydrogen-bond donors (Lipinski definition) is 1. The van der Waals surface area contributed by atoms with Gasteiger partial charge in [-0.3, -0.25) is 4.79 Å². The van der Waals surface area contributed by atoms with Gasteiger partial charge >= 0.3 is 5.97 Å². The summed E-state index contributed by atoms with van der Waals surface area (Å²) in [6, 6.07) is 9.76. The first-order valence-corrected chi connectivity index (χ1v) is 7.94. The summed E-state index contributed by atoms with van der Waals surface area (Å²) in [5.74, 6) is -1.43. The largest absolute Gasteiger partial charge is 0.479 e. The Hall–Kier alpha value is -2.31. The highest BCUT2D eigenvalue weighted by atomic mass is 35.5. The minimum Gasteiger partial charge on any atom is -0.479 e. The Labute approximate surface area is 153 Å². The minimum absolute atomic E-state index is 0.303. The van der Waals surface area contributed by atoms with Crippen molar-refractivity contribution >= 4 is 40.8 Å². The Morgan fingerprint density at radius 3 is 2.52 bits per heavy atom. The summed E-state index contributed by atoms with van der Waals surface area (Å²) in [4.78, 5) is 23.7. The van der Waals surface area contributed by atoms with Crippen LogP contribution in [0, 0.1) is 5.82 Å². The quantitative estimate of drug-likeness (QED) is 0.760. The van der Waals surface area contributed by atoms with Gasteiger partial charge in [0, 0.05) is 5.02 Å². The van der Waals surface area contributed by atoms with E-state index in [2.05, 4.69) is 5.32 Å². The van der Waals surface area contributed by atoms with E-state index in [-0.39, 0.29) is 0 Å². The number of benzene rings is 2. The molecule has 2 aromatic carbocycles. The summed E-state index contributed by atoms with van der Waals surface area (Å²) in [6.07, 6.45) is -0.965. The smallest absolute Gasteiger partial charge is 0.347 e. The number of halogens is 3. The van der Waals surface area contributed by atoms with Crippen LogP contribution in [-0.2, 0) is 14.3 Å². The maximum atomic E-state index is 12.8. The lowest BCUT2D eigenvalue weighted by atomic mass is 10.3. The van der Waals surface area contributed by atoms with E-state index >= 15 is 0 Å². The van der Waals surface area contributed by atoms with Crippen LogP contribution in [0.4, 0.5) is 10.1 Å². The molecule has 0 heterocycles. The average molecular weight is 386 g/mol. The van der Waals surface area contributed by atoms with Gasteiger partial charge < -0.3 is 14.8 Å². The predicted molar refractivity (Wildman–Crippen MR) is 92.5 cm³/mol. The lowest BCUT2D eigenvalue weighted by molar-refractivity contribution is -0.153. The van der Waals surface area contributed by atoms with Crippen LogP contribution in [0.5, 0.6) is 5.75 Å². The average Bonchev–Trinajstić information content (AvgIpc) is 2.58. The van der Waals surface area contributed by atoms with Crippen LogP contribution < -0.4 is 10.1 Å². The van der Waals surface area contributed by atoms with Crippen molar-refractivity contribution in [3.8, 4) is 5.75 Å². The number of carbonyl (C=O) groups is 2. The van der Waals surface area contributed by atoms with Gasteiger partial charge in [0.05, 0.1) is 10.7 Å². The number of esters is 1. The summed E-state index contributed by atoms with van der Waals surface area (Å²) < 4.78 is 23.0. The molecule has 1 atom stereocenters. The summed E-state index contributed by atoms with van der Waals surface area (Å²) in [7, 11) is 0. The van der Waals surface area contributed by atoms with E-state index in [9.17, 15) is 14.0 Å².